The molecule has 0 unspecified atom stereocenters. The molecule has 1 aromatic rings. The number of carbonyl (C=O) groups excluding carboxylic acids is 1. The van der Waals surface area contributed by atoms with Crippen molar-refractivity contribution in [1.82, 2.24) is 15.5 Å². The Morgan fingerprint density at radius 3 is 2.54 bits per heavy atom. The Kier molecular flexibility index (Phi) is 11.3. The number of carbonyl (C=O) groups is 1. The number of hydrogen-bond acceptors (Lipinski definition) is 3. The number of amides is 1. The fourth-order valence-electron chi connectivity index (χ4n) is 3.33. The first-order valence-corrected chi connectivity index (χ1v) is 9.85. The molecule has 1 aliphatic carbocycles. The van der Waals surface area contributed by atoms with Crippen molar-refractivity contribution < 1.29 is 9.53 Å². The Labute approximate surface area is 186 Å². The number of rotatable bonds is 7. The van der Waals surface area contributed by atoms with Gasteiger partial charge in [0.25, 0.3) is 0 Å². The van der Waals surface area contributed by atoms with Crippen LogP contribution in [-0.2, 0) is 11.3 Å². The lowest BCUT2D eigenvalue weighted by atomic mass is 9.89. The minimum atomic E-state index is 0. The minimum Gasteiger partial charge on any atom is -0.497 e. The van der Waals surface area contributed by atoms with E-state index in [2.05, 4.69) is 16.7 Å². The van der Waals surface area contributed by atoms with Crippen LogP contribution in [0.2, 0.25) is 0 Å². The van der Waals surface area contributed by atoms with Crippen LogP contribution >= 0.6 is 24.0 Å². The number of nitrogens with one attached hydrogen (secondary N) is 2. The Hall–Kier alpha value is -1.51. The van der Waals surface area contributed by atoms with Crippen LogP contribution in [0.4, 0.5) is 0 Å². The maximum atomic E-state index is 11.9. The van der Waals surface area contributed by atoms with E-state index in [0.29, 0.717) is 18.4 Å². The van der Waals surface area contributed by atoms with E-state index in [4.69, 9.17) is 9.73 Å². The molecule has 0 spiro atoms. The summed E-state index contributed by atoms with van der Waals surface area (Å²) < 4.78 is 5.34. The van der Waals surface area contributed by atoms with E-state index in [9.17, 15) is 4.79 Å². The van der Waals surface area contributed by atoms with E-state index >= 15 is 0 Å². The first-order chi connectivity index (χ1) is 13.0. The van der Waals surface area contributed by atoms with Crippen molar-refractivity contribution in [3.05, 3.63) is 29.3 Å². The van der Waals surface area contributed by atoms with E-state index in [1.807, 2.05) is 19.1 Å². The van der Waals surface area contributed by atoms with Crippen molar-refractivity contribution in [2.75, 3.05) is 34.3 Å². The second kappa shape index (κ2) is 12.9. The monoisotopic (exact) mass is 502 g/mol. The third kappa shape index (κ3) is 8.67. The Morgan fingerprint density at radius 1 is 1.18 bits per heavy atom. The predicted octanol–water partition coefficient (Wildman–Crippen LogP) is 3.33. The second-order valence-electron chi connectivity index (χ2n) is 7.55. The zero-order valence-electron chi connectivity index (χ0n) is 17.6. The summed E-state index contributed by atoms with van der Waals surface area (Å²) >= 11 is 0. The fraction of sp³-hybridized carbons (Fsp3) is 0.619. The summed E-state index contributed by atoms with van der Waals surface area (Å²) in [7, 11) is 5.19. The normalized spacial score (nSPS) is 14.8. The van der Waals surface area contributed by atoms with Crippen LogP contribution in [0, 0.1) is 12.8 Å². The van der Waals surface area contributed by atoms with Gasteiger partial charge < -0.3 is 20.3 Å². The molecule has 28 heavy (non-hydrogen) atoms. The maximum absolute atomic E-state index is 11.9. The molecule has 2 rings (SSSR count). The average molecular weight is 502 g/mol. The molecule has 0 saturated heterocycles. The molecule has 0 radical (unpaired) electrons. The van der Waals surface area contributed by atoms with E-state index in [0.717, 1.165) is 23.4 Å². The van der Waals surface area contributed by atoms with Gasteiger partial charge in [0.1, 0.15) is 5.75 Å². The summed E-state index contributed by atoms with van der Waals surface area (Å²) in [6, 6.07) is 6.11. The number of likely N-dealkylation sites (N-methyl/N-ethyl adjacent to an activating group) is 1. The largest absolute Gasteiger partial charge is 0.497 e. The lowest BCUT2D eigenvalue weighted by Gasteiger charge is -2.23. The molecule has 1 aromatic carbocycles. The topological polar surface area (TPSA) is 66.0 Å². The van der Waals surface area contributed by atoms with Crippen molar-refractivity contribution in [3.8, 4) is 5.75 Å². The molecule has 6 nitrogen and oxygen atoms in total. The lowest BCUT2D eigenvalue weighted by molar-refractivity contribution is -0.127. The van der Waals surface area contributed by atoms with Crippen LogP contribution in [0.1, 0.15) is 43.2 Å². The predicted molar refractivity (Wildman–Crippen MR) is 126 cm³/mol. The van der Waals surface area contributed by atoms with Crippen LogP contribution in [0.25, 0.3) is 0 Å². The van der Waals surface area contributed by atoms with E-state index in [-0.39, 0.29) is 36.4 Å². The van der Waals surface area contributed by atoms with Crippen molar-refractivity contribution in [2.45, 2.75) is 45.6 Å². The SMILES string of the molecule is COc1cc(C)cc(CN=C(NCC(=O)N(C)C)NCC2CCCCC2)c1.I. The van der Waals surface area contributed by atoms with Crippen molar-refractivity contribution in [3.63, 3.8) is 0 Å². The summed E-state index contributed by atoms with van der Waals surface area (Å²) in [4.78, 5) is 18.2. The summed E-state index contributed by atoms with van der Waals surface area (Å²) in [5.74, 6) is 2.25. The standard InChI is InChI=1S/C21H34N4O2.HI/c1-16-10-18(12-19(11-16)27-4)14-23-21(24-15-20(26)25(2)3)22-13-17-8-6-5-7-9-17;/h10-12,17H,5-9,13-15H2,1-4H3,(H2,22,23,24);1H. The number of benzene rings is 1. The van der Waals surface area contributed by atoms with Gasteiger partial charge in [0, 0.05) is 20.6 Å². The molecule has 158 valence electrons. The first-order valence-electron chi connectivity index (χ1n) is 9.85. The van der Waals surface area contributed by atoms with Gasteiger partial charge in [0.2, 0.25) is 5.91 Å². The van der Waals surface area contributed by atoms with Crippen LogP contribution in [0.3, 0.4) is 0 Å². The zero-order chi connectivity index (χ0) is 19.6. The molecular formula is C21H35IN4O2. The van der Waals surface area contributed by atoms with Crippen LogP contribution in [0.15, 0.2) is 23.2 Å². The maximum Gasteiger partial charge on any atom is 0.241 e. The number of nitrogens with zero attached hydrogens (tertiary/aromatic N) is 2. The molecule has 0 bridgehead atoms. The van der Waals surface area contributed by atoms with Crippen molar-refractivity contribution in [2.24, 2.45) is 10.9 Å². The first kappa shape index (κ1) is 24.5. The Bertz CT molecular complexity index is 643. The molecule has 0 aliphatic heterocycles. The van der Waals surface area contributed by atoms with Gasteiger partial charge in [-0.1, -0.05) is 25.3 Å². The molecule has 1 amide bonds. The fourth-order valence-corrected chi connectivity index (χ4v) is 3.33. The molecule has 1 saturated carbocycles. The lowest BCUT2D eigenvalue weighted by Crippen LogP contribution is -2.44. The summed E-state index contributed by atoms with van der Waals surface area (Å²) in [5, 5.41) is 6.60. The van der Waals surface area contributed by atoms with E-state index < -0.39 is 0 Å². The van der Waals surface area contributed by atoms with Gasteiger partial charge in [-0.2, -0.15) is 0 Å². The number of aliphatic imine (C=N–C) groups is 1. The van der Waals surface area contributed by atoms with E-state index in [1.54, 1.807) is 26.1 Å². The van der Waals surface area contributed by atoms with Gasteiger partial charge >= 0.3 is 0 Å². The van der Waals surface area contributed by atoms with Gasteiger partial charge in [-0.25, -0.2) is 4.99 Å². The van der Waals surface area contributed by atoms with Crippen LogP contribution in [0.5, 0.6) is 5.75 Å². The van der Waals surface area contributed by atoms with Gasteiger partial charge in [0.15, 0.2) is 5.96 Å². The van der Waals surface area contributed by atoms with Crippen molar-refractivity contribution in [1.29, 1.82) is 0 Å². The number of hydrogen-bond donors (Lipinski definition) is 2. The smallest absolute Gasteiger partial charge is 0.241 e. The van der Waals surface area contributed by atoms with Crippen molar-refractivity contribution >= 4 is 35.8 Å². The highest BCUT2D eigenvalue weighted by Crippen LogP contribution is 2.22. The molecule has 7 heteroatoms. The zero-order valence-corrected chi connectivity index (χ0v) is 19.9. The second-order valence-corrected chi connectivity index (χ2v) is 7.55. The number of guanidine groups is 1. The van der Waals surface area contributed by atoms with Gasteiger partial charge in [0.05, 0.1) is 20.2 Å². The summed E-state index contributed by atoms with van der Waals surface area (Å²) in [6.07, 6.45) is 6.52. The molecular weight excluding hydrogens is 467 g/mol. The highest BCUT2D eigenvalue weighted by Gasteiger charge is 2.14. The molecule has 1 fully saturated rings. The Balaban J connectivity index is 0.00000392. The molecule has 2 N–H and O–H groups in total. The highest BCUT2D eigenvalue weighted by molar-refractivity contribution is 14.0. The molecule has 0 atom stereocenters. The molecule has 0 aromatic heterocycles. The van der Waals surface area contributed by atoms with E-state index in [1.165, 1.54) is 32.1 Å². The number of aryl methyl sites for hydroxylation is 1. The quantitative estimate of drug-likeness (QED) is 0.341. The van der Waals surface area contributed by atoms with Crippen LogP contribution < -0.4 is 15.4 Å². The number of halogens is 1. The average Bonchev–Trinajstić information content (AvgIpc) is 2.67. The summed E-state index contributed by atoms with van der Waals surface area (Å²) in [5.41, 5.74) is 2.23. The van der Waals surface area contributed by atoms with Gasteiger partial charge in [-0.3, -0.25) is 4.79 Å². The highest BCUT2D eigenvalue weighted by atomic mass is 127. The minimum absolute atomic E-state index is 0. The van der Waals surface area contributed by atoms with Gasteiger partial charge in [-0.15, -0.1) is 24.0 Å². The summed E-state index contributed by atoms with van der Waals surface area (Å²) in [6.45, 7) is 3.72. The molecule has 0 heterocycles. The third-order valence-electron chi connectivity index (χ3n) is 4.95. The third-order valence-corrected chi connectivity index (χ3v) is 4.95. The Morgan fingerprint density at radius 2 is 1.89 bits per heavy atom. The van der Waals surface area contributed by atoms with Crippen LogP contribution in [-0.4, -0.2) is 51.1 Å². The molecule has 1 aliphatic rings. The number of methoxy groups -OCH3 is 1. The number of ether oxygens (including phenoxy) is 1. The van der Waals surface area contributed by atoms with Gasteiger partial charge in [-0.05, 0) is 48.9 Å².